The van der Waals surface area contributed by atoms with Crippen LogP contribution in [0.25, 0.3) is 0 Å². The number of amides is 2. The minimum absolute atomic E-state index is 0.0211. The largest absolute Gasteiger partial charge is 0.377 e. The van der Waals surface area contributed by atoms with Crippen LogP contribution in [0.3, 0.4) is 0 Å². The average molecular weight is 252 g/mol. The van der Waals surface area contributed by atoms with Gasteiger partial charge >= 0.3 is 0 Å². The first kappa shape index (κ1) is 13.1. The van der Waals surface area contributed by atoms with Gasteiger partial charge in [0, 0.05) is 19.7 Å². The second kappa shape index (κ2) is 5.52. The summed E-state index contributed by atoms with van der Waals surface area (Å²) < 4.78 is 5.66. The number of hydrogen-bond donors (Lipinski definition) is 1. The molecular formula is C13H20N2O3. The summed E-state index contributed by atoms with van der Waals surface area (Å²) >= 11 is 0. The van der Waals surface area contributed by atoms with Crippen LogP contribution in [0.5, 0.6) is 0 Å². The molecule has 2 rings (SSSR count). The van der Waals surface area contributed by atoms with Gasteiger partial charge in [0.1, 0.15) is 0 Å². The molecule has 2 heterocycles. The van der Waals surface area contributed by atoms with Crippen LogP contribution in [-0.4, -0.2) is 42.5 Å². The number of primary amides is 1. The SMILES string of the molecule is C=CC(=O)N1CCC([C@H]2OCC[C@@H]2C(N)=O)CC1. The predicted octanol–water partition coefficient (Wildman–Crippen LogP) is 0.301. The highest BCUT2D eigenvalue weighted by Gasteiger charge is 2.39. The molecule has 2 N–H and O–H groups in total. The van der Waals surface area contributed by atoms with E-state index >= 15 is 0 Å². The van der Waals surface area contributed by atoms with Crippen molar-refractivity contribution in [1.82, 2.24) is 4.90 Å². The average Bonchev–Trinajstić information content (AvgIpc) is 2.87. The first-order valence-electron chi connectivity index (χ1n) is 6.45. The molecule has 2 amide bonds. The summed E-state index contributed by atoms with van der Waals surface area (Å²) in [6, 6.07) is 0. The van der Waals surface area contributed by atoms with Gasteiger partial charge in [-0.05, 0) is 31.3 Å². The van der Waals surface area contributed by atoms with Crippen LogP contribution in [0.15, 0.2) is 12.7 Å². The van der Waals surface area contributed by atoms with Gasteiger partial charge in [-0.25, -0.2) is 0 Å². The van der Waals surface area contributed by atoms with Gasteiger partial charge in [0.05, 0.1) is 12.0 Å². The Morgan fingerprint density at radius 2 is 1.94 bits per heavy atom. The van der Waals surface area contributed by atoms with Crippen molar-refractivity contribution < 1.29 is 14.3 Å². The third-order valence-electron chi connectivity index (χ3n) is 3.99. The van der Waals surface area contributed by atoms with Gasteiger partial charge in [-0.2, -0.15) is 0 Å². The van der Waals surface area contributed by atoms with E-state index in [0.717, 1.165) is 19.3 Å². The molecule has 0 aromatic heterocycles. The Hall–Kier alpha value is -1.36. The number of ether oxygens (including phenoxy) is 1. The molecule has 18 heavy (non-hydrogen) atoms. The van der Waals surface area contributed by atoms with E-state index in [1.165, 1.54) is 6.08 Å². The van der Waals surface area contributed by atoms with Crippen LogP contribution in [0, 0.1) is 11.8 Å². The fourth-order valence-corrected chi connectivity index (χ4v) is 2.96. The summed E-state index contributed by atoms with van der Waals surface area (Å²) in [5.41, 5.74) is 5.40. The highest BCUT2D eigenvalue weighted by atomic mass is 16.5. The predicted molar refractivity (Wildman–Crippen MR) is 66.5 cm³/mol. The zero-order chi connectivity index (χ0) is 13.1. The third-order valence-corrected chi connectivity index (χ3v) is 3.99. The van der Waals surface area contributed by atoms with Crippen LogP contribution >= 0.6 is 0 Å². The van der Waals surface area contributed by atoms with Crippen molar-refractivity contribution in [2.24, 2.45) is 17.6 Å². The molecule has 0 unspecified atom stereocenters. The quantitative estimate of drug-likeness (QED) is 0.734. The van der Waals surface area contributed by atoms with Crippen LogP contribution in [0.2, 0.25) is 0 Å². The van der Waals surface area contributed by atoms with Gasteiger partial charge in [-0.15, -0.1) is 0 Å². The number of carbonyl (C=O) groups is 2. The molecule has 2 aliphatic heterocycles. The van der Waals surface area contributed by atoms with Crippen molar-refractivity contribution in [2.75, 3.05) is 19.7 Å². The number of rotatable bonds is 3. The molecule has 0 aliphatic carbocycles. The van der Waals surface area contributed by atoms with Crippen LogP contribution < -0.4 is 5.73 Å². The summed E-state index contributed by atoms with van der Waals surface area (Å²) in [6.45, 7) is 5.52. The second-order valence-corrected chi connectivity index (χ2v) is 5.00. The van der Waals surface area contributed by atoms with Crippen LogP contribution in [-0.2, 0) is 14.3 Å². The molecule has 100 valence electrons. The molecule has 2 saturated heterocycles. The van der Waals surface area contributed by atoms with E-state index in [0.29, 0.717) is 25.6 Å². The normalized spacial score (nSPS) is 29.2. The lowest BCUT2D eigenvalue weighted by Gasteiger charge is -2.35. The maximum Gasteiger partial charge on any atom is 0.245 e. The highest BCUT2D eigenvalue weighted by Crippen LogP contribution is 2.32. The summed E-state index contributed by atoms with van der Waals surface area (Å²) in [7, 11) is 0. The smallest absolute Gasteiger partial charge is 0.245 e. The van der Waals surface area contributed by atoms with Crippen molar-refractivity contribution in [1.29, 1.82) is 0 Å². The van der Waals surface area contributed by atoms with E-state index in [1.54, 1.807) is 4.90 Å². The zero-order valence-corrected chi connectivity index (χ0v) is 10.5. The molecular weight excluding hydrogens is 232 g/mol. The molecule has 0 radical (unpaired) electrons. The molecule has 0 bridgehead atoms. The first-order valence-corrected chi connectivity index (χ1v) is 6.45. The van der Waals surface area contributed by atoms with Gasteiger partial charge < -0.3 is 15.4 Å². The molecule has 0 spiro atoms. The number of nitrogens with zero attached hydrogens (tertiary/aromatic N) is 1. The van der Waals surface area contributed by atoms with Crippen molar-refractivity contribution in [2.45, 2.75) is 25.4 Å². The van der Waals surface area contributed by atoms with Gasteiger partial charge in [0.15, 0.2) is 0 Å². The minimum Gasteiger partial charge on any atom is -0.377 e. The van der Waals surface area contributed by atoms with E-state index in [-0.39, 0.29) is 23.8 Å². The highest BCUT2D eigenvalue weighted by molar-refractivity contribution is 5.87. The first-order chi connectivity index (χ1) is 8.63. The molecule has 0 aromatic rings. The van der Waals surface area contributed by atoms with Crippen molar-refractivity contribution in [3.8, 4) is 0 Å². The molecule has 0 aromatic carbocycles. The fraction of sp³-hybridized carbons (Fsp3) is 0.692. The lowest BCUT2D eigenvalue weighted by molar-refractivity contribution is -0.130. The Morgan fingerprint density at radius 3 is 2.50 bits per heavy atom. The number of piperidine rings is 1. The number of likely N-dealkylation sites (tertiary alicyclic amines) is 1. The number of hydrogen-bond acceptors (Lipinski definition) is 3. The Kier molecular flexibility index (Phi) is 4.01. The third kappa shape index (κ3) is 2.56. The van der Waals surface area contributed by atoms with Gasteiger partial charge in [0.2, 0.25) is 11.8 Å². The molecule has 2 aliphatic rings. The Bertz CT molecular complexity index is 348. The molecule has 5 nitrogen and oxygen atoms in total. The van der Waals surface area contributed by atoms with Crippen LogP contribution in [0.4, 0.5) is 0 Å². The van der Waals surface area contributed by atoms with E-state index < -0.39 is 0 Å². The molecule has 0 saturated carbocycles. The summed E-state index contributed by atoms with van der Waals surface area (Å²) in [6.07, 6.45) is 3.76. The second-order valence-electron chi connectivity index (χ2n) is 5.00. The molecule has 5 heteroatoms. The monoisotopic (exact) mass is 252 g/mol. The topological polar surface area (TPSA) is 72.6 Å². The summed E-state index contributed by atoms with van der Waals surface area (Å²) in [4.78, 5) is 24.6. The fourth-order valence-electron chi connectivity index (χ4n) is 2.96. The van der Waals surface area contributed by atoms with Gasteiger partial charge in [-0.1, -0.05) is 6.58 Å². The molecule has 2 atom stereocenters. The zero-order valence-electron chi connectivity index (χ0n) is 10.5. The van der Waals surface area contributed by atoms with Crippen LogP contribution in [0.1, 0.15) is 19.3 Å². The minimum atomic E-state index is -0.262. The lowest BCUT2D eigenvalue weighted by Crippen LogP contribution is -2.43. The van der Waals surface area contributed by atoms with E-state index in [1.807, 2.05) is 0 Å². The number of carbonyl (C=O) groups excluding carboxylic acids is 2. The Labute approximate surface area is 107 Å². The van der Waals surface area contributed by atoms with Gasteiger partial charge in [0.25, 0.3) is 0 Å². The van der Waals surface area contributed by atoms with Crippen molar-refractivity contribution in [3.05, 3.63) is 12.7 Å². The van der Waals surface area contributed by atoms with E-state index in [2.05, 4.69) is 6.58 Å². The van der Waals surface area contributed by atoms with E-state index in [4.69, 9.17) is 10.5 Å². The van der Waals surface area contributed by atoms with Gasteiger partial charge in [-0.3, -0.25) is 9.59 Å². The summed E-state index contributed by atoms with van der Waals surface area (Å²) in [5.74, 6) is -0.107. The summed E-state index contributed by atoms with van der Waals surface area (Å²) in [5, 5.41) is 0. The maximum atomic E-state index is 11.5. The Morgan fingerprint density at radius 1 is 1.28 bits per heavy atom. The van der Waals surface area contributed by atoms with Crippen molar-refractivity contribution >= 4 is 11.8 Å². The van der Waals surface area contributed by atoms with E-state index in [9.17, 15) is 9.59 Å². The number of nitrogens with two attached hydrogens (primary N) is 1. The van der Waals surface area contributed by atoms with Crippen molar-refractivity contribution in [3.63, 3.8) is 0 Å². The standard InChI is InChI=1S/C13H20N2O3/c1-2-11(16)15-6-3-9(4-7-15)12-10(13(14)17)5-8-18-12/h2,9-10,12H,1,3-8H2,(H2,14,17)/t10-,12+/m0/s1. The Balaban J connectivity index is 1.91. The lowest BCUT2D eigenvalue weighted by atomic mass is 9.84. The maximum absolute atomic E-state index is 11.5. The molecule has 2 fully saturated rings.